The summed E-state index contributed by atoms with van der Waals surface area (Å²) in [5.74, 6) is 1.11. The summed E-state index contributed by atoms with van der Waals surface area (Å²) >= 11 is 3.54. The van der Waals surface area contributed by atoms with Crippen LogP contribution >= 0.6 is 15.9 Å². The zero-order valence-corrected chi connectivity index (χ0v) is 12.5. The van der Waals surface area contributed by atoms with Gasteiger partial charge in [0.2, 0.25) is 0 Å². The molecule has 0 aliphatic rings. The van der Waals surface area contributed by atoms with Crippen molar-refractivity contribution >= 4 is 21.7 Å². The van der Waals surface area contributed by atoms with E-state index in [1.54, 1.807) is 0 Å². The van der Waals surface area contributed by atoms with Gasteiger partial charge >= 0.3 is 0 Å². The van der Waals surface area contributed by atoms with E-state index in [0.717, 1.165) is 26.7 Å². The van der Waals surface area contributed by atoms with Crippen molar-refractivity contribution in [3.05, 3.63) is 58.6 Å². The average Bonchev–Trinajstić information content (AvgIpc) is 2.84. The van der Waals surface area contributed by atoms with Crippen molar-refractivity contribution in [3.63, 3.8) is 0 Å². The molecule has 1 heterocycles. The van der Waals surface area contributed by atoms with Crippen LogP contribution in [0, 0.1) is 6.92 Å². The summed E-state index contributed by atoms with van der Waals surface area (Å²) in [5.41, 5.74) is 9.91. The van der Waals surface area contributed by atoms with Crippen LogP contribution in [-0.2, 0) is 0 Å². The van der Waals surface area contributed by atoms with Crippen molar-refractivity contribution in [1.29, 1.82) is 0 Å². The third kappa shape index (κ3) is 2.12. The Bertz CT molecular complexity index is 750. The average molecular weight is 329 g/mol. The van der Waals surface area contributed by atoms with E-state index >= 15 is 0 Å². The molecule has 0 saturated carbocycles. The fourth-order valence-corrected chi connectivity index (χ4v) is 2.59. The van der Waals surface area contributed by atoms with Crippen LogP contribution in [0.25, 0.3) is 22.5 Å². The molecule has 0 unspecified atom stereocenters. The molecule has 3 rings (SSSR count). The number of anilines is 1. The number of nitrogens with two attached hydrogens (primary N) is 1. The van der Waals surface area contributed by atoms with Gasteiger partial charge in [-0.25, -0.2) is 0 Å². The monoisotopic (exact) mass is 328 g/mol. The van der Waals surface area contributed by atoms with E-state index in [-0.39, 0.29) is 0 Å². The lowest BCUT2D eigenvalue weighted by atomic mass is 9.99. The Hall–Kier alpha value is -2.07. The van der Waals surface area contributed by atoms with Gasteiger partial charge in [0.05, 0.1) is 5.56 Å². The number of nitrogens with zero attached hydrogens (tertiary/aromatic N) is 1. The van der Waals surface area contributed by atoms with Gasteiger partial charge in [0.1, 0.15) is 0 Å². The van der Waals surface area contributed by atoms with Gasteiger partial charge in [0.15, 0.2) is 11.6 Å². The maximum Gasteiger partial charge on any atom is 0.177 e. The minimum atomic E-state index is 0.408. The zero-order chi connectivity index (χ0) is 14.1. The van der Waals surface area contributed by atoms with Gasteiger partial charge in [0, 0.05) is 10.0 Å². The molecule has 4 heteroatoms. The third-order valence-electron chi connectivity index (χ3n) is 3.29. The van der Waals surface area contributed by atoms with E-state index in [1.165, 1.54) is 0 Å². The van der Waals surface area contributed by atoms with E-state index in [2.05, 4.69) is 21.1 Å². The Morgan fingerprint density at radius 3 is 2.55 bits per heavy atom. The van der Waals surface area contributed by atoms with E-state index in [9.17, 15) is 0 Å². The van der Waals surface area contributed by atoms with E-state index < -0.39 is 0 Å². The summed E-state index contributed by atoms with van der Waals surface area (Å²) in [6, 6.07) is 15.9. The van der Waals surface area contributed by atoms with Gasteiger partial charge in [-0.1, -0.05) is 63.6 Å². The molecule has 0 atom stereocenters. The standard InChI is InChI=1S/C16H13BrN2O/c1-10-12(8-5-9-13(10)17)15-14(16(18)19-20-15)11-6-3-2-4-7-11/h2-9H,1H3,(H2,18,19). The number of nitrogen functional groups attached to an aromatic ring is 1. The van der Waals surface area contributed by atoms with Crippen LogP contribution in [0.4, 0.5) is 5.82 Å². The third-order valence-corrected chi connectivity index (χ3v) is 4.15. The van der Waals surface area contributed by atoms with Crippen molar-refractivity contribution in [2.24, 2.45) is 0 Å². The second-order valence-electron chi connectivity index (χ2n) is 4.55. The Kier molecular flexibility index (Phi) is 3.32. The van der Waals surface area contributed by atoms with Crippen molar-refractivity contribution in [2.45, 2.75) is 6.92 Å². The van der Waals surface area contributed by atoms with Crippen molar-refractivity contribution in [2.75, 3.05) is 5.73 Å². The number of rotatable bonds is 2. The normalized spacial score (nSPS) is 10.7. The highest BCUT2D eigenvalue weighted by Crippen LogP contribution is 2.39. The molecular formula is C16H13BrN2O. The number of hydrogen-bond donors (Lipinski definition) is 1. The minimum absolute atomic E-state index is 0.408. The van der Waals surface area contributed by atoms with Gasteiger partial charge in [-0.15, -0.1) is 0 Å². The molecule has 0 fully saturated rings. The Morgan fingerprint density at radius 1 is 1.05 bits per heavy atom. The van der Waals surface area contributed by atoms with Crippen LogP contribution in [0.2, 0.25) is 0 Å². The molecule has 0 bridgehead atoms. The molecule has 3 aromatic rings. The van der Waals surface area contributed by atoms with Crippen molar-refractivity contribution < 1.29 is 4.52 Å². The molecule has 0 radical (unpaired) electrons. The van der Waals surface area contributed by atoms with Crippen LogP contribution in [0.1, 0.15) is 5.56 Å². The van der Waals surface area contributed by atoms with Gasteiger partial charge in [-0.3, -0.25) is 0 Å². The first-order valence-corrected chi connectivity index (χ1v) is 7.04. The quantitative estimate of drug-likeness (QED) is 0.744. The molecule has 100 valence electrons. The van der Waals surface area contributed by atoms with Crippen molar-refractivity contribution in [3.8, 4) is 22.5 Å². The lowest BCUT2D eigenvalue weighted by Crippen LogP contribution is -1.90. The lowest BCUT2D eigenvalue weighted by molar-refractivity contribution is 0.436. The summed E-state index contributed by atoms with van der Waals surface area (Å²) in [6.45, 7) is 2.03. The molecule has 1 aromatic heterocycles. The molecule has 20 heavy (non-hydrogen) atoms. The van der Waals surface area contributed by atoms with E-state index in [1.807, 2.05) is 55.5 Å². The lowest BCUT2D eigenvalue weighted by Gasteiger charge is -2.07. The Morgan fingerprint density at radius 2 is 1.80 bits per heavy atom. The first kappa shape index (κ1) is 12.9. The number of benzene rings is 2. The smallest absolute Gasteiger partial charge is 0.177 e. The molecule has 0 aliphatic heterocycles. The summed E-state index contributed by atoms with van der Waals surface area (Å²) in [4.78, 5) is 0. The molecule has 3 nitrogen and oxygen atoms in total. The first-order chi connectivity index (χ1) is 9.68. The maximum atomic E-state index is 5.98. The predicted octanol–water partition coefficient (Wildman–Crippen LogP) is 4.66. The predicted molar refractivity (Wildman–Crippen MR) is 84.2 cm³/mol. The number of aromatic nitrogens is 1. The molecule has 0 spiro atoms. The second kappa shape index (κ2) is 5.13. The molecule has 0 aliphatic carbocycles. The highest BCUT2D eigenvalue weighted by Gasteiger charge is 2.19. The Balaban J connectivity index is 2.24. The fourth-order valence-electron chi connectivity index (χ4n) is 2.22. The van der Waals surface area contributed by atoms with E-state index in [4.69, 9.17) is 10.3 Å². The highest BCUT2D eigenvalue weighted by atomic mass is 79.9. The van der Waals surface area contributed by atoms with Gasteiger partial charge in [-0.2, -0.15) is 0 Å². The summed E-state index contributed by atoms with van der Waals surface area (Å²) in [5, 5.41) is 3.93. The van der Waals surface area contributed by atoms with Gasteiger partial charge < -0.3 is 10.3 Å². The number of hydrogen-bond acceptors (Lipinski definition) is 3. The molecule has 0 saturated heterocycles. The maximum absolute atomic E-state index is 5.98. The van der Waals surface area contributed by atoms with Gasteiger partial charge in [0.25, 0.3) is 0 Å². The summed E-state index contributed by atoms with van der Waals surface area (Å²) < 4.78 is 6.51. The zero-order valence-electron chi connectivity index (χ0n) is 10.9. The molecule has 2 aromatic carbocycles. The highest BCUT2D eigenvalue weighted by molar-refractivity contribution is 9.10. The topological polar surface area (TPSA) is 52.0 Å². The minimum Gasteiger partial charge on any atom is -0.380 e. The SMILES string of the molecule is Cc1c(Br)cccc1-c1onc(N)c1-c1ccccc1. The fraction of sp³-hybridized carbons (Fsp3) is 0.0625. The summed E-state index contributed by atoms with van der Waals surface area (Å²) in [7, 11) is 0. The van der Waals surface area contributed by atoms with Crippen LogP contribution in [0.5, 0.6) is 0 Å². The van der Waals surface area contributed by atoms with Crippen LogP contribution in [0.3, 0.4) is 0 Å². The first-order valence-electron chi connectivity index (χ1n) is 6.24. The van der Waals surface area contributed by atoms with Crippen LogP contribution < -0.4 is 5.73 Å². The summed E-state index contributed by atoms with van der Waals surface area (Å²) in [6.07, 6.45) is 0. The molecule has 2 N–H and O–H groups in total. The molecular weight excluding hydrogens is 316 g/mol. The van der Waals surface area contributed by atoms with E-state index in [0.29, 0.717) is 11.6 Å². The van der Waals surface area contributed by atoms with Crippen LogP contribution in [-0.4, -0.2) is 5.16 Å². The van der Waals surface area contributed by atoms with Crippen molar-refractivity contribution in [1.82, 2.24) is 5.16 Å². The largest absolute Gasteiger partial charge is 0.380 e. The number of halogens is 1. The molecule has 0 amide bonds. The Labute approximate surface area is 125 Å². The van der Waals surface area contributed by atoms with Crippen LogP contribution in [0.15, 0.2) is 57.5 Å². The second-order valence-corrected chi connectivity index (χ2v) is 5.40. The van der Waals surface area contributed by atoms with Gasteiger partial charge in [-0.05, 0) is 24.1 Å².